The first kappa shape index (κ1) is 10.4. The van der Waals surface area contributed by atoms with E-state index in [0.29, 0.717) is 12.4 Å². The first-order chi connectivity index (χ1) is 6.33. The molecule has 1 aromatic rings. The fraction of sp³-hybridized carbons (Fsp3) is 0.400. The van der Waals surface area contributed by atoms with Crippen molar-refractivity contribution in [1.82, 2.24) is 0 Å². The Balaban J connectivity index is 2.31. The van der Waals surface area contributed by atoms with Gasteiger partial charge in [0, 0.05) is 0 Å². The van der Waals surface area contributed by atoms with E-state index in [1.165, 1.54) is 5.56 Å². The van der Waals surface area contributed by atoms with Crippen molar-refractivity contribution in [2.24, 2.45) is 0 Å². The Hall–Kier alpha value is -0.670. The van der Waals surface area contributed by atoms with Crippen LogP contribution in [0.3, 0.4) is 0 Å². The molecule has 13 heavy (non-hydrogen) atoms. The highest BCUT2D eigenvalue weighted by molar-refractivity contribution is 7.80. The van der Waals surface area contributed by atoms with Gasteiger partial charge in [0.1, 0.15) is 0 Å². The van der Waals surface area contributed by atoms with Gasteiger partial charge in [0.15, 0.2) is 11.1 Å². The summed E-state index contributed by atoms with van der Waals surface area (Å²) in [6.45, 7) is 2.36. The average molecular weight is 198 g/mol. The van der Waals surface area contributed by atoms with E-state index in [0.717, 1.165) is 6.42 Å². The van der Waals surface area contributed by atoms with Crippen LogP contribution in [0.15, 0.2) is 30.3 Å². The van der Waals surface area contributed by atoms with Crippen molar-refractivity contribution in [2.45, 2.75) is 13.3 Å². The molecule has 1 aromatic carbocycles. The maximum Gasteiger partial charge on any atom is 0.155 e. The van der Waals surface area contributed by atoms with Crippen molar-refractivity contribution in [1.29, 1.82) is 0 Å². The van der Waals surface area contributed by atoms with Gasteiger partial charge >= 0.3 is 0 Å². The molecule has 0 saturated heterocycles. The first-order valence-corrected chi connectivity index (χ1v) is 5.63. The van der Waals surface area contributed by atoms with Gasteiger partial charge in [0.2, 0.25) is 0 Å². The second-order valence-corrected chi connectivity index (χ2v) is 3.90. The van der Waals surface area contributed by atoms with Gasteiger partial charge in [-0.15, -0.1) is 0 Å². The van der Waals surface area contributed by atoms with Gasteiger partial charge in [-0.1, -0.05) is 30.3 Å². The van der Waals surface area contributed by atoms with Crippen LogP contribution in [0.4, 0.5) is 0 Å². The molecule has 0 N–H and O–H groups in total. The third kappa shape index (κ3) is 4.20. The Morgan fingerprint density at radius 2 is 2.00 bits per heavy atom. The molecular weight excluding hydrogens is 184 g/mol. The summed E-state index contributed by atoms with van der Waals surface area (Å²) in [5.74, 6) is 0.581. The van der Waals surface area contributed by atoms with E-state index < -0.39 is 11.1 Å². The highest BCUT2D eigenvalue weighted by Crippen LogP contribution is 2.00. The Kier molecular flexibility index (Phi) is 4.72. The molecule has 0 bridgehead atoms. The monoisotopic (exact) mass is 198 g/mol. The van der Waals surface area contributed by atoms with Crippen molar-refractivity contribution in [3.63, 3.8) is 0 Å². The van der Waals surface area contributed by atoms with Crippen LogP contribution in [-0.4, -0.2) is 16.6 Å². The van der Waals surface area contributed by atoms with Crippen molar-refractivity contribution in [2.75, 3.05) is 12.4 Å². The summed E-state index contributed by atoms with van der Waals surface area (Å²) in [5, 5.41) is 0. The minimum absolute atomic E-state index is 0.515. The molecule has 0 aromatic heterocycles. The van der Waals surface area contributed by atoms with Gasteiger partial charge in [0.05, 0.1) is 12.4 Å². The molecule has 0 spiro atoms. The predicted octanol–water partition coefficient (Wildman–Crippen LogP) is 1.93. The van der Waals surface area contributed by atoms with E-state index in [1.54, 1.807) is 0 Å². The van der Waals surface area contributed by atoms with Gasteiger partial charge in [-0.2, -0.15) is 0 Å². The summed E-state index contributed by atoms with van der Waals surface area (Å²) in [7, 11) is 0. The molecule has 3 heteroatoms. The Bertz CT molecular complexity index is 259. The summed E-state index contributed by atoms with van der Waals surface area (Å²) in [5.41, 5.74) is 1.20. The number of hydrogen-bond acceptors (Lipinski definition) is 2. The summed E-state index contributed by atoms with van der Waals surface area (Å²) >= 11 is -1.12. The van der Waals surface area contributed by atoms with E-state index in [9.17, 15) is 4.21 Å². The number of rotatable bonds is 5. The second-order valence-electron chi connectivity index (χ2n) is 2.65. The lowest BCUT2D eigenvalue weighted by Crippen LogP contribution is -2.04. The molecule has 0 aliphatic heterocycles. The second kappa shape index (κ2) is 5.89. The quantitative estimate of drug-likeness (QED) is 0.722. The van der Waals surface area contributed by atoms with Gasteiger partial charge in [0.25, 0.3) is 0 Å². The van der Waals surface area contributed by atoms with Gasteiger partial charge < -0.3 is 0 Å². The van der Waals surface area contributed by atoms with Crippen LogP contribution in [0.25, 0.3) is 0 Å². The molecule has 2 nitrogen and oxygen atoms in total. The Morgan fingerprint density at radius 3 is 2.62 bits per heavy atom. The maximum absolute atomic E-state index is 11.1. The topological polar surface area (TPSA) is 26.3 Å². The molecule has 0 aliphatic rings. The zero-order chi connectivity index (χ0) is 9.52. The third-order valence-corrected chi connectivity index (χ3v) is 2.69. The minimum atomic E-state index is -1.12. The van der Waals surface area contributed by atoms with Gasteiger partial charge in [-0.05, 0) is 18.9 Å². The Labute approximate surface area is 81.6 Å². The van der Waals surface area contributed by atoms with Crippen LogP contribution in [0.2, 0.25) is 0 Å². The molecule has 1 atom stereocenters. The molecule has 0 fully saturated rings. The van der Waals surface area contributed by atoms with Crippen LogP contribution in [0.5, 0.6) is 0 Å². The molecule has 0 saturated carbocycles. The molecule has 72 valence electrons. The lowest BCUT2D eigenvalue weighted by atomic mass is 10.2. The summed E-state index contributed by atoms with van der Waals surface area (Å²) < 4.78 is 16.0. The lowest BCUT2D eigenvalue weighted by molar-refractivity contribution is 0.371. The predicted molar refractivity (Wildman–Crippen MR) is 54.8 cm³/mol. The number of aryl methyl sites for hydroxylation is 1. The van der Waals surface area contributed by atoms with Crippen molar-refractivity contribution in [3.8, 4) is 0 Å². The van der Waals surface area contributed by atoms with Crippen molar-refractivity contribution in [3.05, 3.63) is 35.9 Å². The SMILES string of the molecule is CCOS(=O)CCc1ccccc1. The van der Waals surface area contributed by atoms with E-state index in [4.69, 9.17) is 4.18 Å². The van der Waals surface area contributed by atoms with Gasteiger partial charge in [-0.25, -0.2) is 4.21 Å². The summed E-state index contributed by atoms with van der Waals surface area (Å²) in [6, 6.07) is 10.0. The van der Waals surface area contributed by atoms with Crippen LogP contribution in [0.1, 0.15) is 12.5 Å². The third-order valence-electron chi connectivity index (χ3n) is 1.65. The van der Waals surface area contributed by atoms with Crippen LogP contribution < -0.4 is 0 Å². The average Bonchev–Trinajstić information content (AvgIpc) is 2.17. The molecule has 0 amide bonds. The summed E-state index contributed by atoms with van der Waals surface area (Å²) in [4.78, 5) is 0. The minimum Gasteiger partial charge on any atom is -0.291 e. The van der Waals surface area contributed by atoms with Crippen LogP contribution in [-0.2, 0) is 21.7 Å². The maximum atomic E-state index is 11.1. The number of hydrogen-bond donors (Lipinski definition) is 0. The lowest BCUT2D eigenvalue weighted by Gasteiger charge is -2.00. The van der Waals surface area contributed by atoms with E-state index >= 15 is 0 Å². The van der Waals surface area contributed by atoms with Crippen LogP contribution >= 0.6 is 0 Å². The van der Waals surface area contributed by atoms with E-state index in [-0.39, 0.29) is 0 Å². The number of benzene rings is 1. The summed E-state index contributed by atoms with van der Waals surface area (Å²) in [6.07, 6.45) is 0.813. The van der Waals surface area contributed by atoms with Gasteiger partial charge in [-0.3, -0.25) is 4.18 Å². The first-order valence-electron chi connectivity index (χ1n) is 4.38. The van der Waals surface area contributed by atoms with E-state index in [1.807, 2.05) is 37.3 Å². The largest absolute Gasteiger partial charge is 0.291 e. The zero-order valence-electron chi connectivity index (χ0n) is 7.73. The van der Waals surface area contributed by atoms with Crippen LogP contribution in [0, 0.1) is 0 Å². The molecule has 1 rings (SSSR count). The smallest absolute Gasteiger partial charge is 0.155 e. The van der Waals surface area contributed by atoms with Crippen molar-refractivity contribution >= 4 is 11.1 Å². The Morgan fingerprint density at radius 1 is 1.31 bits per heavy atom. The van der Waals surface area contributed by atoms with E-state index in [2.05, 4.69) is 0 Å². The molecule has 0 heterocycles. The molecule has 0 aliphatic carbocycles. The molecule has 0 radical (unpaired) electrons. The standard InChI is InChI=1S/C10H14O2S/c1-2-12-13(11)9-8-10-6-4-3-5-7-10/h3-7H,2,8-9H2,1H3. The van der Waals surface area contributed by atoms with Crippen molar-refractivity contribution < 1.29 is 8.39 Å². The normalized spacial score (nSPS) is 12.7. The highest BCUT2D eigenvalue weighted by atomic mass is 32.2. The highest BCUT2D eigenvalue weighted by Gasteiger charge is 1.98. The fourth-order valence-corrected chi connectivity index (χ4v) is 1.82. The fourth-order valence-electron chi connectivity index (χ4n) is 1.04. The molecule has 1 unspecified atom stereocenters. The molecular formula is C10H14O2S. The zero-order valence-corrected chi connectivity index (χ0v) is 8.55.